The molecule has 0 saturated carbocycles. The van der Waals surface area contributed by atoms with Crippen LogP contribution in [0.1, 0.15) is 252 Å². The second-order valence-electron chi connectivity index (χ2n) is 19.2. The van der Waals surface area contributed by atoms with Crippen LogP contribution in [-0.4, -0.2) is 89.2 Å². The molecule has 400 valence electrons. The van der Waals surface area contributed by atoms with Crippen molar-refractivity contribution in [2.45, 2.75) is 289 Å². The zero-order valence-electron chi connectivity index (χ0n) is 43.8. The van der Waals surface area contributed by atoms with E-state index in [1.165, 1.54) is 96.3 Å². The SMILES string of the molecule is CC/C=C\C/C=C\C/C=C\CCCCCCCCCC(=O)OCC(COC1OC(C(=O)O)C(O)C(O)C1OC(=O)CCCCCCCCCCCCC)OC(=O)CCCCCCCCCCCCC. The zero-order chi connectivity index (χ0) is 50.4. The van der Waals surface area contributed by atoms with Crippen LogP contribution in [0.2, 0.25) is 0 Å². The van der Waals surface area contributed by atoms with Gasteiger partial charge in [0, 0.05) is 19.3 Å². The lowest BCUT2D eigenvalue weighted by Crippen LogP contribution is -2.61. The number of hydrogen-bond acceptors (Lipinski definition) is 11. The van der Waals surface area contributed by atoms with Crippen molar-refractivity contribution < 1.29 is 58.2 Å². The van der Waals surface area contributed by atoms with Crippen LogP contribution in [0.3, 0.4) is 0 Å². The Labute approximate surface area is 419 Å². The fourth-order valence-corrected chi connectivity index (χ4v) is 8.44. The van der Waals surface area contributed by atoms with Crippen molar-refractivity contribution in [1.82, 2.24) is 0 Å². The Morgan fingerprint density at radius 2 is 0.913 bits per heavy atom. The predicted octanol–water partition coefficient (Wildman–Crippen LogP) is 13.7. The monoisotopic (exact) mass is 977 g/mol. The van der Waals surface area contributed by atoms with Gasteiger partial charge in [0.25, 0.3) is 0 Å². The summed E-state index contributed by atoms with van der Waals surface area (Å²) in [4.78, 5) is 50.9. The van der Waals surface area contributed by atoms with Gasteiger partial charge in [-0.25, -0.2) is 4.79 Å². The number of aliphatic hydroxyl groups excluding tert-OH is 2. The third-order valence-electron chi connectivity index (χ3n) is 12.7. The highest BCUT2D eigenvalue weighted by molar-refractivity contribution is 5.74. The number of carbonyl (C=O) groups is 4. The van der Waals surface area contributed by atoms with Crippen LogP contribution >= 0.6 is 0 Å². The average molecular weight is 977 g/mol. The predicted molar refractivity (Wildman–Crippen MR) is 276 cm³/mol. The van der Waals surface area contributed by atoms with E-state index >= 15 is 0 Å². The Balaban J connectivity index is 2.69. The molecule has 6 unspecified atom stereocenters. The van der Waals surface area contributed by atoms with E-state index in [1.807, 2.05) is 0 Å². The summed E-state index contributed by atoms with van der Waals surface area (Å²) in [5.41, 5.74) is 0. The molecule has 1 saturated heterocycles. The molecule has 6 atom stereocenters. The van der Waals surface area contributed by atoms with Crippen LogP contribution in [0.4, 0.5) is 0 Å². The van der Waals surface area contributed by atoms with E-state index in [2.05, 4.69) is 57.2 Å². The number of hydrogen-bond donors (Lipinski definition) is 3. The Kier molecular flexibility index (Phi) is 42.7. The van der Waals surface area contributed by atoms with E-state index < -0.39 is 67.3 Å². The van der Waals surface area contributed by atoms with Crippen molar-refractivity contribution in [2.75, 3.05) is 13.2 Å². The number of carboxylic acids is 1. The van der Waals surface area contributed by atoms with Crippen molar-refractivity contribution in [3.63, 3.8) is 0 Å². The Morgan fingerprint density at radius 3 is 1.39 bits per heavy atom. The minimum Gasteiger partial charge on any atom is -0.479 e. The number of rotatable bonds is 47. The summed E-state index contributed by atoms with van der Waals surface area (Å²) < 4.78 is 28.3. The molecule has 0 radical (unpaired) electrons. The molecule has 12 heteroatoms. The summed E-state index contributed by atoms with van der Waals surface area (Å²) >= 11 is 0. The highest BCUT2D eigenvalue weighted by Gasteiger charge is 2.50. The minimum absolute atomic E-state index is 0.0644. The zero-order valence-corrected chi connectivity index (χ0v) is 43.8. The molecule has 0 spiro atoms. The molecule has 12 nitrogen and oxygen atoms in total. The van der Waals surface area contributed by atoms with Crippen LogP contribution in [0.25, 0.3) is 0 Å². The number of esters is 3. The maximum absolute atomic E-state index is 13.1. The molecule has 0 aromatic heterocycles. The molecule has 1 aliphatic heterocycles. The lowest BCUT2D eigenvalue weighted by atomic mass is 9.98. The molecule has 1 fully saturated rings. The van der Waals surface area contributed by atoms with Crippen LogP contribution in [0, 0.1) is 0 Å². The van der Waals surface area contributed by atoms with Gasteiger partial charge >= 0.3 is 23.9 Å². The van der Waals surface area contributed by atoms with Crippen molar-refractivity contribution in [3.05, 3.63) is 36.5 Å². The maximum Gasteiger partial charge on any atom is 0.335 e. The van der Waals surface area contributed by atoms with Crippen molar-refractivity contribution in [1.29, 1.82) is 0 Å². The number of carboxylic acid groups (broad SMARTS) is 1. The van der Waals surface area contributed by atoms with Gasteiger partial charge in [0.2, 0.25) is 0 Å². The van der Waals surface area contributed by atoms with Gasteiger partial charge in [0.1, 0.15) is 18.8 Å². The standard InChI is InChI=1S/C57H100O12/c1-4-7-10-13-16-19-22-23-24-25-26-27-30-31-34-37-40-43-49(58)65-46-48(67-50(59)44-41-38-35-32-28-20-17-14-11-8-5-2)47-66-57-55(53(62)52(61)54(69-57)56(63)64)68-51(60)45-42-39-36-33-29-21-18-15-12-9-6-3/h7,10,16,19,23-24,48,52-55,57,61-62H,4-6,8-9,11-15,17-18,20-22,25-47H2,1-3H3,(H,63,64)/b10-7-,19-16-,24-23-. The van der Waals surface area contributed by atoms with Gasteiger partial charge in [-0.05, 0) is 51.4 Å². The van der Waals surface area contributed by atoms with E-state index in [1.54, 1.807) is 0 Å². The van der Waals surface area contributed by atoms with Gasteiger partial charge in [-0.1, -0.05) is 218 Å². The van der Waals surface area contributed by atoms with E-state index in [0.717, 1.165) is 96.3 Å². The second-order valence-corrected chi connectivity index (χ2v) is 19.2. The van der Waals surface area contributed by atoms with Crippen LogP contribution in [0.5, 0.6) is 0 Å². The van der Waals surface area contributed by atoms with E-state index in [4.69, 9.17) is 23.7 Å². The quantitative estimate of drug-likeness (QED) is 0.0228. The third-order valence-corrected chi connectivity index (χ3v) is 12.7. The van der Waals surface area contributed by atoms with E-state index in [0.29, 0.717) is 19.3 Å². The molecule has 1 aliphatic rings. The second kappa shape index (κ2) is 46.0. The smallest absolute Gasteiger partial charge is 0.335 e. The molecule has 0 amide bonds. The first-order chi connectivity index (χ1) is 33.6. The number of ether oxygens (including phenoxy) is 5. The first-order valence-corrected chi connectivity index (χ1v) is 28.0. The van der Waals surface area contributed by atoms with Crippen molar-refractivity contribution >= 4 is 23.9 Å². The summed E-state index contributed by atoms with van der Waals surface area (Å²) in [6, 6.07) is 0. The van der Waals surface area contributed by atoms with Crippen LogP contribution < -0.4 is 0 Å². The topological polar surface area (TPSA) is 175 Å². The summed E-state index contributed by atoms with van der Waals surface area (Å²) in [5, 5.41) is 31.3. The molecule has 1 heterocycles. The third kappa shape index (κ3) is 36.5. The average Bonchev–Trinajstić information content (AvgIpc) is 3.33. The first-order valence-electron chi connectivity index (χ1n) is 28.0. The number of allylic oxidation sites excluding steroid dienone is 6. The van der Waals surface area contributed by atoms with E-state index in [9.17, 15) is 34.5 Å². The Hall–Kier alpha value is -3.06. The molecule has 3 N–H and O–H groups in total. The first kappa shape index (κ1) is 64.0. The lowest BCUT2D eigenvalue weighted by molar-refractivity contribution is -0.301. The summed E-state index contributed by atoms with van der Waals surface area (Å²) in [7, 11) is 0. The highest BCUT2D eigenvalue weighted by atomic mass is 16.7. The fourth-order valence-electron chi connectivity index (χ4n) is 8.44. The van der Waals surface area contributed by atoms with Gasteiger partial charge in [-0.3, -0.25) is 14.4 Å². The lowest BCUT2D eigenvalue weighted by Gasteiger charge is -2.40. The molecule has 69 heavy (non-hydrogen) atoms. The van der Waals surface area contributed by atoms with Gasteiger partial charge in [0.15, 0.2) is 24.6 Å². The molecule has 0 aromatic rings. The molecule has 1 rings (SSSR count). The Morgan fingerprint density at radius 1 is 0.493 bits per heavy atom. The molecular weight excluding hydrogens is 877 g/mol. The van der Waals surface area contributed by atoms with Crippen LogP contribution in [0.15, 0.2) is 36.5 Å². The highest BCUT2D eigenvalue weighted by Crippen LogP contribution is 2.26. The van der Waals surface area contributed by atoms with Crippen molar-refractivity contribution in [3.8, 4) is 0 Å². The largest absolute Gasteiger partial charge is 0.479 e. The molecule has 0 aliphatic carbocycles. The summed E-state index contributed by atoms with van der Waals surface area (Å²) in [5.74, 6) is -3.11. The summed E-state index contributed by atoms with van der Waals surface area (Å²) in [6.45, 7) is 5.85. The van der Waals surface area contributed by atoms with Gasteiger partial charge < -0.3 is 39.0 Å². The van der Waals surface area contributed by atoms with Gasteiger partial charge in [-0.15, -0.1) is 0 Å². The normalized spacial score (nSPS) is 18.9. The van der Waals surface area contributed by atoms with E-state index in [-0.39, 0.29) is 25.9 Å². The number of aliphatic hydroxyl groups is 2. The fraction of sp³-hybridized carbons (Fsp3) is 0.825. The summed E-state index contributed by atoms with van der Waals surface area (Å²) in [6.07, 6.45) is 39.9. The Bertz CT molecular complexity index is 1350. The van der Waals surface area contributed by atoms with Gasteiger partial charge in [-0.2, -0.15) is 0 Å². The maximum atomic E-state index is 13.1. The van der Waals surface area contributed by atoms with Crippen molar-refractivity contribution in [2.24, 2.45) is 0 Å². The number of carbonyl (C=O) groups excluding carboxylic acids is 3. The molecule has 0 aromatic carbocycles. The molecular formula is C57H100O12. The number of unbranched alkanes of at least 4 members (excludes halogenated alkanes) is 27. The molecule has 0 bridgehead atoms. The number of aliphatic carboxylic acids is 1. The van der Waals surface area contributed by atoms with Crippen LogP contribution in [-0.2, 0) is 42.9 Å². The minimum atomic E-state index is -1.90. The van der Waals surface area contributed by atoms with Gasteiger partial charge in [0.05, 0.1) is 6.61 Å².